The van der Waals surface area contributed by atoms with Gasteiger partial charge in [-0.05, 0) is 44.0 Å². The largest absolute Gasteiger partial charge is 0.496 e. The van der Waals surface area contributed by atoms with Crippen LogP contribution in [-0.2, 0) is 11.2 Å². The maximum Gasteiger partial charge on any atom is 0.341 e. The van der Waals surface area contributed by atoms with Crippen LogP contribution in [0.25, 0.3) is 11.0 Å². The van der Waals surface area contributed by atoms with Gasteiger partial charge in [-0.3, -0.25) is 4.79 Å². The lowest BCUT2D eigenvalue weighted by Crippen LogP contribution is -2.14. The molecule has 0 saturated carbocycles. The van der Waals surface area contributed by atoms with E-state index in [-0.39, 0.29) is 28.7 Å². The molecule has 0 atom stereocenters. The third-order valence-electron chi connectivity index (χ3n) is 4.65. The molecule has 1 N–H and O–H groups in total. The molecule has 1 amide bonds. The normalized spacial score (nSPS) is 10.8. The monoisotopic (exact) mass is 415 g/mol. The molecule has 0 unspecified atom stereocenters. The number of aryl methyl sites for hydroxylation is 2. The highest BCUT2D eigenvalue weighted by Gasteiger charge is 2.21. The zero-order chi connectivity index (χ0) is 21.1. The van der Waals surface area contributed by atoms with Gasteiger partial charge in [0.05, 0.1) is 24.4 Å². The molecule has 6 nitrogen and oxygen atoms in total. The minimum atomic E-state index is -0.552. The van der Waals surface area contributed by atoms with E-state index in [4.69, 9.17) is 25.5 Å². The van der Waals surface area contributed by atoms with Gasteiger partial charge >= 0.3 is 5.97 Å². The molecule has 2 aromatic carbocycles. The highest BCUT2D eigenvalue weighted by molar-refractivity contribution is 6.34. The van der Waals surface area contributed by atoms with Crippen molar-refractivity contribution in [2.24, 2.45) is 0 Å². The van der Waals surface area contributed by atoms with Crippen LogP contribution in [0.5, 0.6) is 5.75 Å². The molecule has 29 heavy (non-hydrogen) atoms. The van der Waals surface area contributed by atoms with E-state index in [1.807, 2.05) is 25.1 Å². The number of carbonyl (C=O) groups is 2. The number of hydrogen-bond donors (Lipinski definition) is 1. The molecule has 0 aliphatic rings. The summed E-state index contributed by atoms with van der Waals surface area (Å²) in [5.74, 6) is -0.539. The number of esters is 1. The Bertz CT molecular complexity index is 1090. The lowest BCUT2D eigenvalue weighted by atomic mass is 10.1. The van der Waals surface area contributed by atoms with Crippen LogP contribution in [0, 0.1) is 6.92 Å². The Labute approximate surface area is 173 Å². The fourth-order valence-electron chi connectivity index (χ4n) is 3.07. The quantitative estimate of drug-likeness (QED) is 0.546. The van der Waals surface area contributed by atoms with Gasteiger partial charge < -0.3 is 19.2 Å². The summed E-state index contributed by atoms with van der Waals surface area (Å²) in [6.07, 6.45) is 0.893. The average Bonchev–Trinajstić information content (AvgIpc) is 3.05. The Morgan fingerprint density at radius 2 is 1.93 bits per heavy atom. The lowest BCUT2D eigenvalue weighted by Gasteiger charge is -2.12. The van der Waals surface area contributed by atoms with Crippen LogP contribution in [-0.4, -0.2) is 25.6 Å². The Hall–Kier alpha value is -2.99. The molecule has 0 spiro atoms. The van der Waals surface area contributed by atoms with E-state index in [2.05, 4.69) is 12.2 Å². The standard InChI is InChI=1S/C22H22ClNO5/c1-5-13-7-8-18-14(9-13)12(3)20(29-18)21(25)24-17-11-19(27-4)15(10-16(17)23)22(26)28-6-2/h7-11H,5-6H2,1-4H3,(H,24,25). The first-order valence-corrected chi connectivity index (χ1v) is 9.65. The van der Waals surface area contributed by atoms with Gasteiger partial charge in [0, 0.05) is 17.0 Å². The van der Waals surface area contributed by atoms with Crippen molar-refractivity contribution in [1.29, 1.82) is 0 Å². The molecule has 0 fully saturated rings. The highest BCUT2D eigenvalue weighted by Crippen LogP contribution is 2.33. The Morgan fingerprint density at radius 3 is 2.59 bits per heavy atom. The Balaban J connectivity index is 1.94. The number of anilines is 1. The summed E-state index contributed by atoms with van der Waals surface area (Å²) in [7, 11) is 1.42. The molecule has 3 rings (SSSR count). The number of carbonyl (C=O) groups excluding carboxylic acids is 2. The number of nitrogens with one attached hydrogen (secondary N) is 1. The van der Waals surface area contributed by atoms with Crippen LogP contribution in [0.2, 0.25) is 5.02 Å². The fraction of sp³-hybridized carbons (Fsp3) is 0.273. The topological polar surface area (TPSA) is 77.8 Å². The third kappa shape index (κ3) is 4.07. The molecule has 152 valence electrons. The molecule has 0 aliphatic carbocycles. The molecule has 0 saturated heterocycles. The predicted molar refractivity (Wildman–Crippen MR) is 112 cm³/mol. The summed E-state index contributed by atoms with van der Waals surface area (Å²) >= 11 is 6.28. The molecule has 0 radical (unpaired) electrons. The first-order chi connectivity index (χ1) is 13.9. The van der Waals surface area contributed by atoms with E-state index >= 15 is 0 Å². The minimum Gasteiger partial charge on any atom is -0.496 e. The van der Waals surface area contributed by atoms with Crippen molar-refractivity contribution in [3.05, 3.63) is 57.8 Å². The number of ether oxygens (including phenoxy) is 2. The Kier molecular flexibility index (Phi) is 6.13. The minimum absolute atomic E-state index is 0.184. The number of benzene rings is 2. The van der Waals surface area contributed by atoms with Gasteiger partial charge in [-0.1, -0.05) is 24.6 Å². The number of amides is 1. The number of methoxy groups -OCH3 is 1. The third-order valence-corrected chi connectivity index (χ3v) is 4.96. The second kappa shape index (κ2) is 8.57. The zero-order valence-corrected chi connectivity index (χ0v) is 17.5. The first-order valence-electron chi connectivity index (χ1n) is 9.27. The summed E-state index contributed by atoms with van der Waals surface area (Å²) < 4.78 is 16.0. The summed E-state index contributed by atoms with van der Waals surface area (Å²) in [5, 5.41) is 3.82. The fourth-order valence-corrected chi connectivity index (χ4v) is 3.28. The second-order valence-electron chi connectivity index (χ2n) is 6.45. The summed E-state index contributed by atoms with van der Waals surface area (Å²) in [6.45, 7) is 5.84. The van der Waals surface area contributed by atoms with Crippen molar-refractivity contribution in [1.82, 2.24) is 0 Å². The molecular formula is C22H22ClNO5. The van der Waals surface area contributed by atoms with E-state index in [0.717, 1.165) is 22.9 Å². The molecule has 0 bridgehead atoms. The molecule has 1 aromatic heterocycles. The number of furan rings is 1. The van der Waals surface area contributed by atoms with Gasteiger partial charge in [0.15, 0.2) is 5.76 Å². The summed E-state index contributed by atoms with van der Waals surface area (Å²) in [4.78, 5) is 24.9. The van der Waals surface area contributed by atoms with Crippen molar-refractivity contribution in [2.75, 3.05) is 19.0 Å². The predicted octanol–water partition coefficient (Wildman–Crippen LogP) is 5.39. The Morgan fingerprint density at radius 1 is 1.17 bits per heavy atom. The van der Waals surface area contributed by atoms with Crippen molar-refractivity contribution in [2.45, 2.75) is 27.2 Å². The zero-order valence-electron chi connectivity index (χ0n) is 16.7. The van der Waals surface area contributed by atoms with Gasteiger partial charge in [-0.2, -0.15) is 0 Å². The van der Waals surface area contributed by atoms with Gasteiger partial charge in [0.2, 0.25) is 0 Å². The van der Waals surface area contributed by atoms with Crippen molar-refractivity contribution >= 4 is 40.1 Å². The van der Waals surface area contributed by atoms with Crippen LogP contribution >= 0.6 is 11.6 Å². The van der Waals surface area contributed by atoms with Crippen LogP contribution in [0.3, 0.4) is 0 Å². The molecule has 7 heteroatoms. The molecule has 1 heterocycles. The van der Waals surface area contributed by atoms with Crippen molar-refractivity contribution < 1.29 is 23.5 Å². The van der Waals surface area contributed by atoms with E-state index in [1.165, 1.54) is 19.2 Å². The maximum absolute atomic E-state index is 12.8. The molecule has 0 aliphatic heterocycles. The summed E-state index contributed by atoms with van der Waals surface area (Å²) in [5.41, 5.74) is 3.04. The van der Waals surface area contributed by atoms with Gasteiger partial charge in [0.25, 0.3) is 5.91 Å². The van der Waals surface area contributed by atoms with Crippen LogP contribution in [0.4, 0.5) is 5.69 Å². The van der Waals surface area contributed by atoms with E-state index in [0.29, 0.717) is 11.3 Å². The molecule has 3 aromatic rings. The lowest BCUT2D eigenvalue weighted by molar-refractivity contribution is 0.0522. The van der Waals surface area contributed by atoms with Crippen LogP contribution < -0.4 is 10.1 Å². The number of hydrogen-bond acceptors (Lipinski definition) is 5. The van der Waals surface area contributed by atoms with Gasteiger partial charge in [-0.25, -0.2) is 4.79 Å². The van der Waals surface area contributed by atoms with Crippen molar-refractivity contribution in [3.63, 3.8) is 0 Å². The summed E-state index contributed by atoms with van der Waals surface area (Å²) in [6, 6.07) is 8.76. The number of rotatable bonds is 6. The highest BCUT2D eigenvalue weighted by atomic mass is 35.5. The van der Waals surface area contributed by atoms with Crippen LogP contribution in [0.15, 0.2) is 34.7 Å². The van der Waals surface area contributed by atoms with E-state index < -0.39 is 11.9 Å². The average molecular weight is 416 g/mol. The van der Waals surface area contributed by atoms with Gasteiger partial charge in [-0.15, -0.1) is 0 Å². The molecular weight excluding hydrogens is 394 g/mol. The van der Waals surface area contributed by atoms with Crippen molar-refractivity contribution in [3.8, 4) is 5.75 Å². The SMILES string of the molecule is CCOC(=O)c1cc(Cl)c(NC(=O)c2oc3ccc(CC)cc3c2C)cc1OC. The van der Waals surface area contributed by atoms with E-state index in [1.54, 1.807) is 6.92 Å². The second-order valence-corrected chi connectivity index (χ2v) is 6.85. The maximum atomic E-state index is 12.8. The number of fused-ring (bicyclic) bond motifs is 1. The van der Waals surface area contributed by atoms with E-state index in [9.17, 15) is 9.59 Å². The van der Waals surface area contributed by atoms with Gasteiger partial charge in [0.1, 0.15) is 16.9 Å². The number of halogens is 1. The smallest absolute Gasteiger partial charge is 0.341 e. The van der Waals surface area contributed by atoms with Crippen LogP contribution in [0.1, 0.15) is 45.9 Å². The first kappa shape index (κ1) is 20.7.